The molecule has 4 aliphatic carbocycles. The van der Waals surface area contributed by atoms with Gasteiger partial charge in [-0.25, -0.2) is 4.98 Å². The van der Waals surface area contributed by atoms with E-state index in [1.165, 1.54) is 81.6 Å². The summed E-state index contributed by atoms with van der Waals surface area (Å²) >= 11 is 0. The number of aryl methyl sites for hydroxylation is 3. The number of rotatable bonds is 7. The van der Waals surface area contributed by atoms with Crippen molar-refractivity contribution in [2.45, 2.75) is 58.3 Å². The SMILES string of the molecule is Cc1cc(C)c(-c2cc(Oc3[c-]c4c(cc3)c3ccccc3n4-c3cc(C4(c5cccc6ccccc56)C5CC6CC(C5)CC4C6)ccn3)[c-]c(N3[CH-]N(C)c4ccccc43)c2)c(C)c1.[Pt]. The molecule has 66 heavy (non-hydrogen) atoms. The molecule has 5 aliphatic rings. The Labute approximate surface area is 402 Å². The summed E-state index contributed by atoms with van der Waals surface area (Å²) in [4.78, 5) is 9.60. The molecule has 0 unspecified atom stereocenters. The Balaban J connectivity index is 0.00000456. The average Bonchev–Trinajstić information content (AvgIpc) is 3.82. The number of benzene rings is 7. The molecule has 0 spiro atoms. The molecule has 7 aromatic carbocycles. The minimum absolute atomic E-state index is 0. The van der Waals surface area contributed by atoms with Crippen molar-refractivity contribution in [3.8, 4) is 28.4 Å². The monoisotopic (exact) mass is 1040 g/mol. The molecule has 0 amide bonds. The second-order valence-electron chi connectivity index (χ2n) is 19.6. The van der Waals surface area contributed by atoms with Crippen LogP contribution in [0, 0.1) is 63.2 Å². The van der Waals surface area contributed by atoms with Crippen molar-refractivity contribution in [1.29, 1.82) is 0 Å². The van der Waals surface area contributed by atoms with Crippen LogP contribution in [-0.2, 0) is 26.5 Å². The van der Waals surface area contributed by atoms with Gasteiger partial charge in [0.1, 0.15) is 5.82 Å². The number of nitrogens with zero attached hydrogens (tertiary/aromatic N) is 4. The minimum atomic E-state index is -0.0858. The van der Waals surface area contributed by atoms with Crippen molar-refractivity contribution in [2.24, 2.45) is 23.7 Å². The van der Waals surface area contributed by atoms with Gasteiger partial charge in [-0.15, -0.1) is 47.0 Å². The number of aromatic nitrogens is 2. The standard InChI is InChI=1S/C60H51N4O.Pt/c1-37-24-38(2)59(39(3)25-37)43-31-47(63-36-62(4)55-18-9-10-19-56(55)63)34-49(32-43)65-48-20-21-52-51-15-7-8-17-54(51)64(57(52)35-48)58-33-44(22-23-61-58)60(45-27-40-26-41(29-45)30-46(60)28-40)53-16-11-13-42-12-5-6-14-50(42)53;/h5-25,31-33,36,40-41,45-46H,26-30H2,1-4H3;/q-3;. The molecule has 5 nitrogen and oxygen atoms in total. The third-order valence-corrected chi connectivity index (χ3v) is 15.8. The van der Waals surface area contributed by atoms with Gasteiger partial charge in [-0.2, -0.15) is 12.7 Å². The summed E-state index contributed by atoms with van der Waals surface area (Å²) < 4.78 is 9.28. The Kier molecular flexibility index (Phi) is 9.84. The van der Waals surface area contributed by atoms with E-state index in [2.05, 4.69) is 207 Å². The van der Waals surface area contributed by atoms with Gasteiger partial charge < -0.3 is 19.1 Å². The fraction of sp³-hybridized carbons (Fsp3) is 0.233. The Bertz CT molecular complexity index is 3330. The van der Waals surface area contributed by atoms with E-state index in [1.54, 1.807) is 0 Å². The maximum absolute atomic E-state index is 6.95. The van der Waals surface area contributed by atoms with E-state index in [-0.39, 0.29) is 26.5 Å². The van der Waals surface area contributed by atoms with Crippen LogP contribution in [0.15, 0.2) is 146 Å². The minimum Gasteiger partial charge on any atom is -0.509 e. The Hall–Kier alpha value is -6.16. The Morgan fingerprint density at radius 2 is 1.35 bits per heavy atom. The molecule has 0 N–H and O–H groups in total. The maximum Gasteiger partial charge on any atom is 0.135 e. The van der Waals surface area contributed by atoms with Gasteiger partial charge >= 0.3 is 0 Å². The molecule has 9 aromatic rings. The number of hydrogen-bond donors (Lipinski definition) is 0. The van der Waals surface area contributed by atoms with Gasteiger partial charge in [0.2, 0.25) is 0 Å². The molecule has 330 valence electrons. The van der Waals surface area contributed by atoms with Gasteiger partial charge in [0, 0.05) is 61.1 Å². The van der Waals surface area contributed by atoms with Crippen LogP contribution in [-0.4, -0.2) is 16.6 Å². The van der Waals surface area contributed by atoms with Crippen LogP contribution in [0.5, 0.6) is 11.5 Å². The van der Waals surface area contributed by atoms with E-state index in [9.17, 15) is 0 Å². The molecule has 4 bridgehead atoms. The molecular weight excluding hydrogens is 988 g/mol. The van der Waals surface area contributed by atoms with E-state index in [0.29, 0.717) is 23.3 Å². The molecule has 0 atom stereocenters. The predicted molar refractivity (Wildman–Crippen MR) is 265 cm³/mol. The third-order valence-electron chi connectivity index (χ3n) is 15.8. The Morgan fingerprint density at radius 3 is 2.14 bits per heavy atom. The van der Waals surface area contributed by atoms with Crippen LogP contribution in [0.3, 0.4) is 0 Å². The van der Waals surface area contributed by atoms with E-state index in [4.69, 9.17) is 9.72 Å². The maximum atomic E-state index is 6.95. The van der Waals surface area contributed by atoms with Gasteiger partial charge in [-0.3, -0.25) is 0 Å². The van der Waals surface area contributed by atoms with Crippen molar-refractivity contribution in [3.63, 3.8) is 0 Å². The summed E-state index contributed by atoms with van der Waals surface area (Å²) in [5.41, 5.74) is 14.1. The quantitative estimate of drug-likeness (QED) is 0.149. The van der Waals surface area contributed by atoms with Crippen molar-refractivity contribution in [1.82, 2.24) is 9.55 Å². The molecule has 1 aliphatic heterocycles. The van der Waals surface area contributed by atoms with E-state index in [1.807, 2.05) is 0 Å². The zero-order chi connectivity index (χ0) is 43.6. The van der Waals surface area contributed by atoms with Gasteiger partial charge in [-0.05, 0) is 158 Å². The fourth-order valence-corrected chi connectivity index (χ4v) is 13.6. The van der Waals surface area contributed by atoms with Crippen LogP contribution < -0.4 is 14.5 Å². The van der Waals surface area contributed by atoms with Crippen LogP contribution in [0.25, 0.3) is 49.5 Å². The molecule has 4 fully saturated rings. The normalized spacial score (nSPS) is 21.8. The first kappa shape index (κ1) is 41.3. The number of para-hydroxylation sites is 3. The number of hydrogen-bond acceptors (Lipinski definition) is 4. The van der Waals surface area contributed by atoms with E-state index in [0.717, 1.165) is 56.7 Å². The topological polar surface area (TPSA) is 33.5 Å². The number of ether oxygens (including phenoxy) is 1. The zero-order valence-electron chi connectivity index (χ0n) is 37.8. The summed E-state index contributed by atoms with van der Waals surface area (Å²) in [5, 5.41) is 5.01. The Morgan fingerprint density at radius 1 is 0.652 bits per heavy atom. The van der Waals surface area contributed by atoms with Crippen molar-refractivity contribution < 1.29 is 25.8 Å². The summed E-state index contributed by atoms with van der Waals surface area (Å²) in [6, 6.07) is 58.7. The van der Waals surface area contributed by atoms with Crippen LogP contribution in [0.2, 0.25) is 0 Å². The van der Waals surface area contributed by atoms with Crippen molar-refractivity contribution in [3.05, 3.63) is 192 Å². The average molecular weight is 1040 g/mol. The molecular formula is C60H51N4OPt-3. The molecule has 4 saturated carbocycles. The first-order chi connectivity index (χ1) is 31.8. The number of fused-ring (bicyclic) bond motifs is 5. The van der Waals surface area contributed by atoms with Gasteiger partial charge in [0.25, 0.3) is 0 Å². The smallest absolute Gasteiger partial charge is 0.135 e. The molecule has 14 rings (SSSR count). The summed E-state index contributed by atoms with van der Waals surface area (Å²) in [5.74, 6) is 5.07. The number of pyridine rings is 1. The molecule has 2 aromatic heterocycles. The van der Waals surface area contributed by atoms with Crippen LogP contribution in [0.1, 0.15) is 59.9 Å². The van der Waals surface area contributed by atoms with E-state index < -0.39 is 0 Å². The number of anilines is 3. The third kappa shape index (κ3) is 6.33. The fourth-order valence-electron chi connectivity index (χ4n) is 13.6. The van der Waals surface area contributed by atoms with Crippen molar-refractivity contribution >= 4 is 49.6 Å². The van der Waals surface area contributed by atoms with E-state index >= 15 is 0 Å². The zero-order valence-corrected chi connectivity index (χ0v) is 40.1. The van der Waals surface area contributed by atoms with Crippen LogP contribution in [0.4, 0.5) is 17.1 Å². The molecule has 3 heterocycles. The molecule has 6 heteroatoms. The summed E-state index contributed by atoms with van der Waals surface area (Å²) in [7, 11) is 2.09. The van der Waals surface area contributed by atoms with Gasteiger partial charge in [0.15, 0.2) is 0 Å². The molecule has 0 saturated heterocycles. The largest absolute Gasteiger partial charge is 0.509 e. The van der Waals surface area contributed by atoms with Gasteiger partial charge in [-0.1, -0.05) is 96.0 Å². The summed E-state index contributed by atoms with van der Waals surface area (Å²) in [6.45, 7) is 8.70. The second kappa shape index (κ2) is 15.7. The van der Waals surface area contributed by atoms with Gasteiger partial charge in [0.05, 0.1) is 0 Å². The first-order valence-corrected chi connectivity index (χ1v) is 23.5. The molecule has 0 radical (unpaired) electrons. The first-order valence-electron chi connectivity index (χ1n) is 23.5. The summed E-state index contributed by atoms with van der Waals surface area (Å²) in [6.07, 6.45) is 8.71. The van der Waals surface area contributed by atoms with Crippen molar-refractivity contribution in [2.75, 3.05) is 16.8 Å². The van der Waals surface area contributed by atoms with Crippen LogP contribution >= 0.6 is 0 Å². The second-order valence-corrected chi connectivity index (χ2v) is 19.6. The predicted octanol–water partition coefficient (Wildman–Crippen LogP) is 14.8.